The first-order chi connectivity index (χ1) is 5.93. The van der Waals surface area contributed by atoms with E-state index in [0.29, 0.717) is 6.61 Å². The summed E-state index contributed by atoms with van der Waals surface area (Å²) in [4.78, 5) is 11.2. The summed E-state index contributed by atoms with van der Waals surface area (Å²) < 4.78 is 10.4. The summed E-state index contributed by atoms with van der Waals surface area (Å²) in [7, 11) is 0. The van der Waals surface area contributed by atoms with E-state index in [-0.39, 0.29) is 11.6 Å². The maximum atomic E-state index is 11.2. The highest BCUT2D eigenvalue weighted by Gasteiger charge is 2.24. The Morgan fingerprint density at radius 3 is 2.31 bits per heavy atom. The highest BCUT2D eigenvalue weighted by Crippen LogP contribution is 2.16. The van der Waals surface area contributed by atoms with Crippen molar-refractivity contribution < 1.29 is 14.3 Å². The van der Waals surface area contributed by atoms with Crippen molar-refractivity contribution in [3.8, 4) is 0 Å². The van der Waals surface area contributed by atoms with Gasteiger partial charge in [-0.25, -0.2) is 4.79 Å². The summed E-state index contributed by atoms with van der Waals surface area (Å²) in [5.74, 6) is -0.288. The van der Waals surface area contributed by atoms with Crippen molar-refractivity contribution in [2.24, 2.45) is 0 Å². The molecule has 0 bridgehead atoms. The minimum Gasteiger partial charge on any atom is -0.464 e. The van der Waals surface area contributed by atoms with Crippen molar-refractivity contribution >= 4 is 5.97 Å². The van der Waals surface area contributed by atoms with Gasteiger partial charge >= 0.3 is 5.97 Å². The second kappa shape index (κ2) is 5.22. The van der Waals surface area contributed by atoms with E-state index in [1.165, 1.54) is 0 Å². The zero-order chi connectivity index (χ0) is 10.5. The zero-order valence-corrected chi connectivity index (χ0v) is 9.22. The number of hydrogen-bond acceptors (Lipinski definition) is 3. The molecule has 0 amide bonds. The average Bonchev–Trinajstić information content (AvgIpc) is 2.04. The van der Waals surface area contributed by atoms with E-state index in [2.05, 4.69) is 0 Å². The normalized spacial score (nSPS) is 13.9. The number of ether oxygens (including phenoxy) is 2. The second-order valence-corrected chi connectivity index (χ2v) is 3.63. The number of hydrogen-bond donors (Lipinski definition) is 0. The SMILES string of the molecule is CCOC(=O)C(C)OC(C)(C)CC. The zero-order valence-electron chi connectivity index (χ0n) is 9.22. The Hall–Kier alpha value is -0.570. The summed E-state index contributed by atoms with van der Waals surface area (Å²) in [5.41, 5.74) is -0.258. The molecule has 78 valence electrons. The topological polar surface area (TPSA) is 35.5 Å². The molecule has 3 nitrogen and oxygen atoms in total. The van der Waals surface area contributed by atoms with E-state index in [1.807, 2.05) is 20.8 Å². The predicted molar refractivity (Wildman–Crippen MR) is 51.6 cm³/mol. The van der Waals surface area contributed by atoms with Gasteiger partial charge in [0.25, 0.3) is 0 Å². The molecule has 0 aromatic rings. The molecule has 0 heterocycles. The Labute approximate surface area is 80.4 Å². The largest absolute Gasteiger partial charge is 0.464 e. The fourth-order valence-electron chi connectivity index (χ4n) is 0.870. The summed E-state index contributed by atoms with van der Waals surface area (Å²) in [6, 6.07) is 0. The Morgan fingerprint density at radius 1 is 1.38 bits per heavy atom. The van der Waals surface area contributed by atoms with Crippen LogP contribution in [-0.2, 0) is 14.3 Å². The van der Waals surface area contributed by atoms with Gasteiger partial charge in [0, 0.05) is 0 Å². The van der Waals surface area contributed by atoms with Crippen LogP contribution in [0.3, 0.4) is 0 Å². The second-order valence-electron chi connectivity index (χ2n) is 3.63. The van der Waals surface area contributed by atoms with Crippen LogP contribution in [0.5, 0.6) is 0 Å². The fourth-order valence-corrected chi connectivity index (χ4v) is 0.870. The Balaban J connectivity index is 3.99. The van der Waals surface area contributed by atoms with Gasteiger partial charge in [-0.15, -0.1) is 0 Å². The number of rotatable bonds is 5. The smallest absolute Gasteiger partial charge is 0.334 e. The summed E-state index contributed by atoms with van der Waals surface area (Å²) in [6.07, 6.45) is 0.395. The molecule has 0 radical (unpaired) electrons. The highest BCUT2D eigenvalue weighted by atomic mass is 16.6. The maximum absolute atomic E-state index is 11.2. The van der Waals surface area contributed by atoms with Crippen molar-refractivity contribution in [2.75, 3.05) is 6.61 Å². The lowest BCUT2D eigenvalue weighted by Crippen LogP contribution is -2.34. The third kappa shape index (κ3) is 4.88. The van der Waals surface area contributed by atoms with Crippen LogP contribution in [0.4, 0.5) is 0 Å². The molecule has 0 spiro atoms. The van der Waals surface area contributed by atoms with E-state index in [0.717, 1.165) is 6.42 Å². The van der Waals surface area contributed by atoms with Gasteiger partial charge in [0.05, 0.1) is 12.2 Å². The number of carbonyl (C=O) groups is 1. The van der Waals surface area contributed by atoms with Crippen LogP contribution in [-0.4, -0.2) is 24.3 Å². The van der Waals surface area contributed by atoms with E-state index in [4.69, 9.17) is 9.47 Å². The van der Waals surface area contributed by atoms with Gasteiger partial charge in [-0.3, -0.25) is 0 Å². The van der Waals surface area contributed by atoms with Crippen LogP contribution in [0.2, 0.25) is 0 Å². The van der Waals surface area contributed by atoms with Crippen LogP contribution in [0.1, 0.15) is 41.0 Å². The van der Waals surface area contributed by atoms with Crippen molar-refractivity contribution in [3.05, 3.63) is 0 Å². The van der Waals surface area contributed by atoms with Crippen LogP contribution < -0.4 is 0 Å². The molecule has 0 aromatic carbocycles. The predicted octanol–water partition coefficient (Wildman–Crippen LogP) is 2.14. The monoisotopic (exact) mass is 188 g/mol. The lowest BCUT2D eigenvalue weighted by atomic mass is 10.1. The van der Waals surface area contributed by atoms with E-state index >= 15 is 0 Å². The summed E-state index contributed by atoms with van der Waals surface area (Å²) in [6.45, 7) is 9.85. The average molecular weight is 188 g/mol. The molecule has 13 heavy (non-hydrogen) atoms. The van der Waals surface area contributed by atoms with Gasteiger partial charge in [-0.1, -0.05) is 6.92 Å². The van der Waals surface area contributed by atoms with Crippen molar-refractivity contribution in [2.45, 2.75) is 52.7 Å². The molecule has 0 aliphatic rings. The first-order valence-electron chi connectivity index (χ1n) is 4.77. The molecular formula is C10H20O3. The van der Waals surface area contributed by atoms with Gasteiger partial charge in [0.2, 0.25) is 0 Å². The Morgan fingerprint density at radius 2 is 1.92 bits per heavy atom. The molecule has 0 rings (SSSR count). The van der Waals surface area contributed by atoms with Crippen molar-refractivity contribution in [1.82, 2.24) is 0 Å². The molecule has 0 aliphatic heterocycles. The van der Waals surface area contributed by atoms with E-state index in [9.17, 15) is 4.79 Å². The van der Waals surface area contributed by atoms with Gasteiger partial charge in [-0.2, -0.15) is 0 Å². The third-order valence-electron chi connectivity index (χ3n) is 1.97. The molecule has 0 fully saturated rings. The molecule has 0 aliphatic carbocycles. The lowest BCUT2D eigenvalue weighted by molar-refractivity contribution is -0.165. The van der Waals surface area contributed by atoms with Gasteiger partial charge in [0.15, 0.2) is 6.10 Å². The standard InChI is InChI=1S/C10H20O3/c1-6-10(4,5)13-8(3)9(11)12-7-2/h8H,6-7H2,1-5H3. The fraction of sp³-hybridized carbons (Fsp3) is 0.900. The molecule has 1 atom stereocenters. The summed E-state index contributed by atoms with van der Waals surface area (Å²) >= 11 is 0. The van der Waals surface area contributed by atoms with Gasteiger partial charge in [-0.05, 0) is 34.1 Å². The van der Waals surface area contributed by atoms with Crippen molar-refractivity contribution in [3.63, 3.8) is 0 Å². The van der Waals surface area contributed by atoms with Gasteiger partial charge in [0.1, 0.15) is 0 Å². The Kier molecular flexibility index (Phi) is 4.99. The van der Waals surface area contributed by atoms with Gasteiger partial charge < -0.3 is 9.47 Å². The quantitative estimate of drug-likeness (QED) is 0.620. The van der Waals surface area contributed by atoms with E-state index < -0.39 is 6.10 Å². The minimum atomic E-state index is -0.477. The number of esters is 1. The third-order valence-corrected chi connectivity index (χ3v) is 1.97. The van der Waals surface area contributed by atoms with Crippen LogP contribution in [0.25, 0.3) is 0 Å². The summed E-state index contributed by atoms with van der Waals surface area (Å²) in [5, 5.41) is 0. The lowest BCUT2D eigenvalue weighted by Gasteiger charge is -2.26. The van der Waals surface area contributed by atoms with E-state index in [1.54, 1.807) is 13.8 Å². The van der Waals surface area contributed by atoms with Crippen LogP contribution in [0, 0.1) is 0 Å². The van der Waals surface area contributed by atoms with Crippen molar-refractivity contribution in [1.29, 1.82) is 0 Å². The van der Waals surface area contributed by atoms with Crippen LogP contribution >= 0.6 is 0 Å². The molecule has 0 saturated heterocycles. The first-order valence-corrected chi connectivity index (χ1v) is 4.77. The molecular weight excluding hydrogens is 168 g/mol. The molecule has 0 aromatic heterocycles. The molecule has 3 heteroatoms. The first kappa shape index (κ1) is 12.4. The Bertz CT molecular complexity index is 164. The van der Waals surface area contributed by atoms with Crippen LogP contribution in [0.15, 0.2) is 0 Å². The molecule has 0 saturated carbocycles. The highest BCUT2D eigenvalue weighted by molar-refractivity contribution is 5.74. The number of carbonyl (C=O) groups excluding carboxylic acids is 1. The maximum Gasteiger partial charge on any atom is 0.334 e. The molecule has 1 unspecified atom stereocenters. The minimum absolute atomic E-state index is 0.258. The molecule has 0 N–H and O–H groups in total.